The van der Waals surface area contributed by atoms with Crippen molar-refractivity contribution in [1.82, 2.24) is 4.90 Å². The minimum absolute atomic E-state index is 0.0181. The number of nitrogens with zero attached hydrogens (tertiary/aromatic N) is 1. The van der Waals surface area contributed by atoms with E-state index in [0.29, 0.717) is 16.8 Å². The maximum atomic E-state index is 14.4. The molecule has 3 N–H and O–H groups in total. The van der Waals surface area contributed by atoms with Gasteiger partial charge in [0.25, 0.3) is 11.8 Å². The number of hydrogen-bond donors (Lipinski definition) is 2. The van der Waals surface area contributed by atoms with Crippen LogP contribution in [0.5, 0.6) is 0 Å². The number of esters is 1. The van der Waals surface area contributed by atoms with Crippen LogP contribution in [0.25, 0.3) is 0 Å². The Balaban J connectivity index is 1.81. The molecule has 0 saturated heterocycles. The van der Waals surface area contributed by atoms with Gasteiger partial charge >= 0.3 is 5.97 Å². The predicted octanol–water partition coefficient (Wildman–Crippen LogP) is 4.14. The minimum Gasteiger partial charge on any atom is -0.460 e. The number of fused-ring (bicyclic) bond motifs is 1. The quantitative estimate of drug-likeness (QED) is 0.278. The van der Waals surface area contributed by atoms with Gasteiger partial charge < -0.3 is 15.8 Å². The van der Waals surface area contributed by atoms with Crippen molar-refractivity contribution in [3.8, 4) is 0 Å². The molecule has 2 aromatic rings. The number of alkyl halides is 1. The van der Waals surface area contributed by atoms with Crippen molar-refractivity contribution >= 4 is 41.0 Å². The Morgan fingerprint density at radius 1 is 1.17 bits per heavy atom. The first-order valence-corrected chi connectivity index (χ1v) is 12.0. The average molecular weight is 518 g/mol. The first-order chi connectivity index (χ1) is 16.9. The number of halogens is 2. The van der Waals surface area contributed by atoms with Crippen molar-refractivity contribution < 1.29 is 28.3 Å². The monoisotopic (exact) mass is 517 g/mol. The second kappa shape index (κ2) is 11.1. The third kappa shape index (κ3) is 6.40. The van der Waals surface area contributed by atoms with E-state index in [0.717, 1.165) is 4.90 Å². The molecule has 192 valence electrons. The number of hydrogen-bond acceptors (Lipinski definition) is 6. The van der Waals surface area contributed by atoms with Crippen LogP contribution in [0.1, 0.15) is 71.9 Å². The summed E-state index contributed by atoms with van der Waals surface area (Å²) in [6.07, 6.45) is -0.384. The van der Waals surface area contributed by atoms with Crippen LogP contribution in [0.15, 0.2) is 36.4 Å². The third-order valence-corrected chi connectivity index (χ3v) is 5.90. The summed E-state index contributed by atoms with van der Waals surface area (Å²) in [6.45, 7) is 5.24. The van der Waals surface area contributed by atoms with Crippen LogP contribution in [0.4, 0.5) is 10.1 Å². The molecular weight excluding hydrogens is 489 g/mol. The average Bonchev–Trinajstić information content (AvgIpc) is 3.05. The highest BCUT2D eigenvalue weighted by molar-refractivity contribution is 6.24. The van der Waals surface area contributed by atoms with Crippen molar-refractivity contribution in [2.45, 2.75) is 64.1 Å². The van der Waals surface area contributed by atoms with Gasteiger partial charge in [-0.3, -0.25) is 24.1 Å². The van der Waals surface area contributed by atoms with E-state index in [9.17, 15) is 23.6 Å². The van der Waals surface area contributed by atoms with Crippen LogP contribution in [-0.4, -0.2) is 40.2 Å². The molecular formula is C26H29ClFN3O5. The largest absolute Gasteiger partial charge is 0.460 e. The lowest BCUT2D eigenvalue weighted by molar-refractivity contribution is -0.155. The summed E-state index contributed by atoms with van der Waals surface area (Å²) in [5.74, 6) is -2.70. The lowest BCUT2D eigenvalue weighted by Crippen LogP contribution is -2.42. The Morgan fingerprint density at radius 3 is 2.50 bits per heavy atom. The summed E-state index contributed by atoms with van der Waals surface area (Å²) >= 11 is 5.75. The number of rotatable bonds is 10. The summed E-state index contributed by atoms with van der Waals surface area (Å²) in [7, 11) is 0. The fraction of sp³-hybridized carbons (Fsp3) is 0.385. The van der Waals surface area contributed by atoms with Gasteiger partial charge in [0.05, 0.1) is 11.1 Å². The SMILES string of the molecule is CC(C)(C)OC(=O)CC[C@@H](CC(N)=O)N1C(=O)c2cccc(NCc3ccc(CCl)cc3F)c2C1=O. The van der Waals surface area contributed by atoms with Gasteiger partial charge in [0.1, 0.15) is 11.4 Å². The molecule has 1 heterocycles. The van der Waals surface area contributed by atoms with E-state index in [2.05, 4.69) is 5.32 Å². The highest BCUT2D eigenvalue weighted by Crippen LogP contribution is 2.33. The number of benzene rings is 2. The zero-order chi connectivity index (χ0) is 26.6. The van der Waals surface area contributed by atoms with Gasteiger partial charge in [-0.15, -0.1) is 11.6 Å². The van der Waals surface area contributed by atoms with Crippen molar-refractivity contribution in [2.24, 2.45) is 5.73 Å². The highest BCUT2D eigenvalue weighted by atomic mass is 35.5. The molecule has 1 aliphatic heterocycles. The van der Waals surface area contributed by atoms with Gasteiger partial charge in [0, 0.05) is 42.6 Å². The van der Waals surface area contributed by atoms with Crippen molar-refractivity contribution in [2.75, 3.05) is 5.32 Å². The maximum absolute atomic E-state index is 14.4. The van der Waals surface area contributed by atoms with E-state index in [1.807, 2.05) is 0 Å². The fourth-order valence-electron chi connectivity index (χ4n) is 4.02. The maximum Gasteiger partial charge on any atom is 0.306 e. The van der Waals surface area contributed by atoms with Crippen LogP contribution < -0.4 is 11.1 Å². The molecule has 2 aromatic carbocycles. The number of carbonyl (C=O) groups is 4. The summed E-state index contributed by atoms with van der Waals surface area (Å²) in [5, 5.41) is 3.03. The molecule has 36 heavy (non-hydrogen) atoms. The van der Waals surface area contributed by atoms with Crippen LogP contribution in [0.3, 0.4) is 0 Å². The van der Waals surface area contributed by atoms with E-state index in [1.54, 1.807) is 45.0 Å². The minimum atomic E-state index is -0.921. The molecule has 0 aliphatic carbocycles. The Bertz CT molecular complexity index is 1190. The topological polar surface area (TPSA) is 119 Å². The summed E-state index contributed by atoms with van der Waals surface area (Å²) in [6, 6.07) is 8.45. The Morgan fingerprint density at radius 2 is 1.89 bits per heavy atom. The van der Waals surface area contributed by atoms with Gasteiger partial charge in [-0.2, -0.15) is 0 Å². The molecule has 0 spiro atoms. The van der Waals surface area contributed by atoms with Gasteiger partial charge in [-0.1, -0.05) is 18.2 Å². The summed E-state index contributed by atoms with van der Waals surface area (Å²) < 4.78 is 19.7. The lowest BCUT2D eigenvalue weighted by Gasteiger charge is -2.26. The van der Waals surface area contributed by atoms with E-state index in [1.165, 1.54) is 12.1 Å². The van der Waals surface area contributed by atoms with Crippen LogP contribution in [-0.2, 0) is 26.8 Å². The zero-order valence-electron chi connectivity index (χ0n) is 20.4. The molecule has 0 saturated carbocycles. The molecule has 1 aliphatic rings. The second-order valence-corrected chi connectivity index (χ2v) is 9.84. The molecule has 3 rings (SSSR count). The summed E-state index contributed by atoms with van der Waals surface area (Å²) in [5.41, 5.74) is 6.30. The van der Waals surface area contributed by atoms with Gasteiger partial charge in [0.15, 0.2) is 0 Å². The number of carbonyl (C=O) groups excluding carboxylic acids is 4. The van der Waals surface area contributed by atoms with E-state index in [-0.39, 0.29) is 42.8 Å². The first kappa shape index (κ1) is 27.1. The lowest BCUT2D eigenvalue weighted by atomic mass is 10.1. The number of primary amides is 1. The van der Waals surface area contributed by atoms with Crippen LogP contribution in [0.2, 0.25) is 0 Å². The number of amides is 3. The molecule has 1 atom stereocenters. The normalized spacial score (nSPS) is 14.0. The molecule has 0 bridgehead atoms. The molecule has 0 unspecified atom stereocenters. The number of nitrogens with two attached hydrogens (primary N) is 1. The Hall–Kier alpha value is -3.46. The Kier molecular flexibility index (Phi) is 8.35. The molecule has 3 amide bonds. The Labute approximate surface area is 213 Å². The van der Waals surface area contributed by atoms with Crippen LogP contribution >= 0.6 is 11.6 Å². The zero-order valence-corrected chi connectivity index (χ0v) is 21.2. The third-order valence-electron chi connectivity index (χ3n) is 5.59. The van der Waals surface area contributed by atoms with E-state index in [4.69, 9.17) is 22.1 Å². The molecule has 0 aromatic heterocycles. The van der Waals surface area contributed by atoms with Crippen molar-refractivity contribution in [1.29, 1.82) is 0 Å². The molecule has 0 radical (unpaired) electrons. The second-order valence-electron chi connectivity index (χ2n) is 9.57. The first-order valence-electron chi connectivity index (χ1n) is 11.5. The molecule has 10 heteroatoms. The fourth-order valence-corrected chi connectivity index (χ4v) is 4.19. The summed E-state index contributed by atoms with van der Waals surface area (Å²) in [4.78, 5) is 51.5. The number of imide groups is 1. The number of nitrogens with one attached hydrogen (secondary N) is 1. The predicted molar refractivity (Wildman–Crippen MR) is 133 cm³/mol. The van der Waals surface area contributed by atoms with Crippen molar-refractivity contribution in [3.05, 3.63) is 64.5 Å². The van der Waals surface area contributed by atoms with Crippen LogP contribution in [0, 0.1) is 5.82 Å². The van der Waals surface area contributed by atoms with E-state index >= 15 is 0 Å². The molecule has 8 nitrogen and oxygen atoms in total. The highest BCUT2D eigenvalue weighted by Gasteiger charge is 2.42. The van der Waals surface area contributed by atoms with Gasteiger partial charge in [-0.25, -0.2) is 4.39 Å². The van der Waals surface area contributed by atoms with Gasteiger partial charge in [0.2, 0.25) is 5.91 Å². The van der Waals surface area contributed by atoms with Crippen molar-refractivity contribution in [3.63, 3.8) is 0 Å². The number of ether oxygens (including phenoxy) is 1. The van der Waals surface area contributed by atoms with Gasteiger partial charge in [-0.05, 0) is 51.0 Å². The van der Waals surface area contributed by atoms with E-state index < -0.39 is 41.2 Å². The molecule has 0 fully saturated rings. The standard InChI is InChI=1S/C26H29ClFN3O5/c1-26(2,3)36-22(33)10-9-17(12-21(29)32)31-24(34)18-5-4-6-20(23(18)25(31)35)30-14-16-8-7-15(13-27)11-19(16)28/h4-8,11,17,30H,9-10,12-14H2,1-3H3,(H2,29,32)/t17-/m0/s1. The smallest absolute Gasteiger partial charge is 0.306 e. The number of anilines is 1.